The van der Waals surface area contributed by atoms with E-state index in [2.05, 4.69) is 34.6 Å². The van der Waals surface area contributed by atoms with Crippen LogP contribution in [0.3, 0.4) is 0 Å². The Balaban J connectivity index is 1.72. The molecule has 0 saturated carbocycles. The van der Waals surface area contributed by atoms with Crippen LogP contribution in [0.5, 0.6) is 11.5 Å². The molecule has 2 heterocycles. The number of hydrogen-bond acceptors (Lipinski definition) is 4. The van der Waals surface area contributed by atoms with Gasteiger partial charge in [0.1, 0.15) is 17.6 Å². The van der Waals surface area contributed by atoms with Crippen molar-refractivity contribution in [1.82, 2.24) is 15.5 Å². The van der Waals surface area contributed by atoms with Crippen LogP contribution in [0.1, 0.15) is 30.7 Å². The molecule has 1 aromatic heterocycles. The number of fused-ring (bicyclic) bond motifs is 1. The van der Waals surface area contributed by atoms with E-state index in [1.54, 1.807) is 6.20 Å². The SMILES string of the molecule is CCOc1cc2c(cc1CNCc1ccn[nH]1)O[C@H](C)C2. The van der Waals surface area contributed by atoms with E-state index >= 15 is 0 Å². The third kappa shape index (κ3) is 3.19. The van der Waals surface area contributed by atoms with Crippen LogP contribution in [-0.2, 0) is 19.5 Å². The van der Waals surface area contributed by atoms with Crippen molar-refractivity contribution in [3.05, 3.63) is 41.2 Å². The lowest BCUT2D eigenvalue weighted by Crippen LogP contribution is -2.14. The molecule has 112 valence electrons. The predicted octanol–water partition coefficient (Wildman–Crippen LogP) is 2.42. The Morgan fingerprint density at radius 1 is 1.43 bits per heavy atom. The summed E-state index contributed by atoms with van der Waals surface area (Å²) in [6, 6.07) is 6.18. The minimum atomic E-state index is 0.252. The lowest BCUT2D eigenvalue weighted by Gasteiger charge is -2.13. The number of H-pyrrole nitrogens is 1. The highest BCUT2D eigenvalue weighted by molar-refractivity contribution is 5.48. The standard InChI is InChI=1S/C16H21N3O2/c1-3-20-15-7-12-6-11(2)21-16(12)8-13(15)9-17-10-14-4-5-18-19-14/h4-5,7-8,11,17H,3,6,9-10H2,1-2H3,(H,18,19)/t11-/m1/s1. The van der Waals surface area contributed by atoms with Gasteiger partial charge in [-0.15, -0.1) is 0 Å². The molecule has 1 aromatic carbocycles. The molecule has 1 atom stereocenters. The molecule has 0 fully saturated rings. The van der Waals surface area contributed by atoms with Gasteiger partial charge in [0.2, 0.25) is 0 Å². The number of rotatable bonds is 6. The topological polar surface area (TPSA) is 59.2 Å². The van der Waals surface area contributed by atoms with Gasteiger partial charge in [0.05, 0.1) is 6.61 Å². The molecular formula is C16H21N3O2. The first-order valence-corrected chi connectivity index (χ1v) is 7.40. The maximum atomic E-state index is 5.83. The van der Waals surface area contributed by atoms with Crippen LogP contribution >= 0.6 is 0 Å². The van der Waals surface area contributed by atoms with Crippen molar-refractivity contribution in [3.8, 4) is 11.5 Å². The number of benzene rings is 1. The van der Waals surface area contributed by atoms with Crippen molar-refractivity contribution >= 4 is 0 Å². The zero-order valence-electron chi connectivity index (χ0n) is 12.5. The highest BCUT2D eigenvalue weighted by atomic mass is 16.5. The van der Waals surface area contributed by atoms with Crippen LogP contribution in [0.15, 0.2) is 24.4 Å². The summed E-state index contributed by atoms with van der Waals surface area (Å²) in [6.45, 7) is 6.26. The number of nitrogens with one attached hydrogen (secondary N) is 2. The van der Waals surface area contributed by atoms with E-state index in [1.165, 1.54) is 5.56 Å². The van der Waals surface area contributed by atoms with Gasteiger partial charge in [-0.2, -0.15) is 5.10 Å². The second kappa shape index (κ2) is 6.18. The Labute approximate surface area is 124 Å². The number of hydrogen-bond donors (Lipinski definition) is 2. The van der Waals surface area contributed by atoms with Crippen LogP contribution in [0, 0.1) is 0 Å². The summed E-state index contributed by atoms with van der Waals surface area (Å²) in [6.07, 6.45) is 2.97. The van der Waals surface area contributed by atoms with Gasteiger partial charge in [0, 0.05) is 42.5 Å². The van der Waals surface area contributed by atoms with Crippen molar-refractivity contribution in [2.75, 3.05) is 6.61 Å². The van der Waals surface area contributed by atoms with Crippen LogP contribution < -0.4 is 14.8 Å². The molecule has 5 nitrogen and oxygen atoms in total. The van der Waals surface area contributed by atoms with Crippen molar-refractivity contribution in [2.45, 2.75) is 39.5 Å². The summed E-state index contributed by atoms with van der Waals surface area (Å²) in [5.74, 6) is 1.94. The Bertz CT molecular complexity index is 596. The molecule has 0 radical (unpaired) electrons. The molecule has 0 saturated heterocycles. The summed E-state index contributed by atoms with van der Waals surface area (Å²) in [5.41, 5.74) is 3.44. The minimum absolute atomic E-state index is 0.252. The molecule has 2 N–H and O–H groups in total. The lowest BCUT2D eigenvalue weighted by molar-refractivity contribution is 0.254. The zero-order chi connectivity index (χ0) is 14.7. The molecule has 0 spiro atoms. The van der Waals surface area contributed by atoms with Crippen LogP contribution in [0.25, 0.3) is 0 Å². The van der Waals surface area contributed by atoms with Crippen molar-refractivity contribution in [3.63, 3.8) is 0 Å². The van der Waals surface area contributed by atoms with E-state index in [9.17, 15) is 0 Å². The van der Waals surface area contributed by atoms with Crippen LogP contribution in [0.4, 0.5) is 0 Å². The number of nitrogens with zero attached hydrogens (tertiary/aromatic N) is 1. The quantitative estimate of drug-likeness (QED) is 0.856. The van der Waals surface area contributed by atoms with Gasteiger partial charge in [0.25, 0.3) is 0 Å². The Morgan fingerprint density at radius 2 is 2.33 bits per heavy atom. The average Bonchev–Trinajstić information content (AvgIpc) is 3.07. The molecule has 21 heavy (non-hydrogen) atoms. The molecule has 0 amide bonds. The maximum Gasteiger partial charge on any atom is 0.124 e. The Hall–Kier alpha value is -2.01. The summed E-state index contributed by atoms with van der Waals surface area (Å²) >= 11 is 0. The second-order valence-corrected chi connectivity index (χ2v) is 5.32. The van der Waals surface area contributed by atoms with E-state index in [4.69, 9.17) is 9.47 Å². The van der Waals surface area contributed by atoms with Gasteiger partial charge in [-0.1, -0.05) is 0 Å². The third-order valence-corrected chi connectivity index (χ3v) is 3.57. The van der Waals surface area contributed by atoms with E-state index in [-0.39, 0.29) is 6.10 Å². The van der Waals surface area contributed by atoms with E-state index in [0.717, 1.165) is 42.3 Å². The predicted molar refractivity (Wildman–Crippen MR) is 80.5 cm³/mol. The van der Waals surface area contributed by atoms with Gasteiger partial charge in [-0.3, -0.25) is 5.10 Å². The second-order valence-electron chi connectivity index (χ2n) is 5.32. The maximum absolute atomic E-state index is 5.83. The first-order valence-electron chi connectivity index (χ1n) is 7.40. The van der Waals surface area contributed by atoms with Crippen LogP contribution in [-0.4, -0.2) is 22.9 Å². The number of aromatic nitrogens is 2. The van der Waals surface area contributed by atoms with Gasteiger partial charge >= 0.3 is 0 Å². The molecule has 3 rings (SSSR count). The van der Waals surface area contributed by atoms with Gasteiger partial charge in [-0.25, -0.2) is 0 Å². The molecule has 1 aliphatic rings. The summed E-state index contributed by atoms with van der Waals surface area (Å²) in [7, 11) is 0. The van der Waals surface area contributed by atoms with Crippen molar-refractivity contribution in [2.24, 2.45) is 0 Å². The number of ether oxygens (including phenoxy) is 2. The Kier molecular flexibility index (Phi) is 4.10. The molecule has 2 aromatic rings. The van der Waals surface area contributed by atoms with Crippen LogP contribution in [0.2, 0.25) is 0 Å². The molecule has 0 bridgehead atoms. The van der Waals surface area contributed by atoms with Gasteiger partial charge < -0.3 is 14.8 Å². The monoisotopic (exact) mass is 287 g/mol. The van der Waals surface area contributed by atoms with E-state index in [0.29, 0.717) is 6.61 Å². The minimum Gasteiger partial charge on any atom is -0.494 e. The first kappa shape index (κ1) is 13.9. The zero-order valence-corrected chi connectivity index (χ0v) is 12.5. The summed E-state index contributed by atoms with van der Waals surface area (Å²) < 4.78 is 11.6. The highest BCUT2D eigenvalue weighted by Gasteiger charge is 2.21. The molecule has 0 unspecified atom stereocenters. The largest absolute Gasteiger partial charge is 0.494 e. The smallest absolute Gasteiger partial charge is 0.124 e. The number of aromatic amines is 1. The fourth-order valence-electron chi connectivity index (χ4n) is 2.62. The van der Waals surface area contributed by atoms with Crippen molar-refractivity contribution < 1.29 is 9.47 Å². The first-order chi connectivity index (χ1) is 10.3. The third-order valence-electron chi connectivity index (χ3n) is 3.57. The average molecular weight is 287 g/mol. The molecule has 1 aliphatic heterocycles. The fourth-order valence-corrected chi connectivity index (χ4v) is 2.62. The molecule has 5 heteroatoms. The summed E-state index contributed by atoms with van der Waals surface area (Å²) in [4.78, 5) is 0. The fraction of sp³-hybridized carbons (Fsp3) is 0.438. The molecule has 0 aliphatic carbocycles. The highest BCUT2D eigenvalue weighted by Crippen LogP contribution is 2.35. The van der Waals surface area contributed by atoms with Gasteiger partial charge in [0.15, 0.2) is 0 Å². The summed E-state index contributed by atoms with van der Waals surface area (Å²) in [5, 5.41) is 10.3. The van der Waals surface area contributed by atoms with E-state index in [1.807, 2.05) is 13.0 Å². The molecular weight excluding hydrogens is 266 g/mol. The van der Waals surface area contributed by atoms with Gasteiger partial charge in [-0.05, 0) is 32.0 Å². The normalized spacial score (nSPS) is 16.6. The lowest BCUT2D eigenvalue weighted by atomic mass is 10.1. The Morgan fingerprint density at radius 3 is 3.10 bits per heavy atom. The van der Waals surface area contributed by atoms with Crippen molar-refractivity contribution in [1.29, 1.82) is 0 Å². The van der Waals surface area contributed by atoms with E-state index < -0.39 is 0 Å².